The van der Waals surface area contributed by atoms with Crippen LogP contribution in [0.5, 0.6) is 0 Å². The lowest BCUT2D eigenvalue weighted by Crippen LogP contribution is -2.36. The van der Waals surface area contributed by atoms with Gasteiger partial charge in [-0.3, -0.25) is 4.90 Å². The van der Waals surface area contributed by atoms with E-state index in [0.29, 0.717) is 0 Å². The second-order valence-electron chi connectivity index (χ2n) is 5.64. The fourth-order valence-corrected chi connectivity index (χ4v) is 2.65. The fraction of sp³-hybridized carbons (Fsp3) is 0.625. The molecular weight excluding hydrogens is 236 g/mol. The van der Waals surface area contributed by atoms with E-state index in [1.165, 1.54) is 24.0 Å². The third-order valence-electron chi connectivity index (χ3n) is 4.02. The number of morpholine rings is 1. The van der Waals surface area contributed by atoms with Gasteiger partial charge in [0.05, 0.1) is 13.2 Å². The van der Waals surface area contributed by atoms with Gasteiger partial charge in [0.1, 0.15) is 0 Å². The monoisotopic (exact) mass is 260 g/mol. The first-order valence-electron chi connectivity index (χ1n) is 7.52. The Hall–Kier alpha value is -0.900. The van der Waals surface area contributed by atoms with E-state index in [-0.39, 0.29) is 0 Å². The summed E-state index contributed by atoms with van der Waals surface area (Å²) in [6, 6.07) is 9.70. The molecule has 1 aliphatic heterocycles. The third-order valence-corrected chi connectivity index (χ3v) is 4.02. The smallest absolute Gasteiger partial charge is 0.0594 e. The number of nitrogens with one attached hydrogen (secondary N) is 1. The van der Waals surface area contributed by atoms with Crippen molar-refractivity contribution >= 4 is 0 Å². The van der Waals surface area contributed by atoms with Gasteiger partial charge in [-0.2, -0.15) is 0 Å². The van der Waals surface area contributed by atoms with Crippen LogP contribution in [0.4, 0.5) is 0 Å². The molecule has 3 rings (SSSR count). The SMILES string of the molecule is c1ccc(CN2CCOCC2)c(CCNC2CC2)c1. The minimum absolute atomic E-state index is 0.811. The summed E-state index contributed by atoms with van der Waals surface area (Å²) < 4.78 is 5.41. The van der Waals surface area contributed by atoms with Gasteiger partial charge in [-0.1, -0.05) is 24.3 Å². The summed E-state index contributed by atoms with van der Waals surface area (Å²) in [4.78, 5) is 2.50. The first-order chi connectivity index (χ1) is 9.42. The highest BCUT2D eigenvalue weighted by atomic mass is 16.5. The molecule has 2 aliphatic rings. The summed E-state index contributed by atoms with van der Waals surface area (Å²) in [5.74, 6) is 0. The average Bonchev–Trinajstić information content (AvgIpc) is 3.26. The second kappa shape index (κ2) is 6.51. The summed E-state index contributed by atoms with van der Waals surface area (Å²) >= 11 is 0. The molecule has 1 saturated heterocycles. The van der Waals surface area contributed by atoms with Crippen LogP contribution < -0.4 is 5.32 Å². The first-order valence-corrected chi connectivity index (χ1v) is 7.52. The van der Waals surface area contributed by atoms with Crippen molar-refractivity contribution in [1.29, 1.82) is 0 Å². The van der Waals surface area contributed by atoms with E-state index < -0.39 is 0 Å². The van der Waals surface area contributed by atoms with Crippen molar-refractivity contribution in [3.63, 3.8) is 0 Å². The van der Waals surface area contributed by atoms with Crippen molar-refractivity contribution in [2.45, 2.75) is 31.8 Å². The van der Waals surface area contributed by atoms with Crippen LogP contribution in [0.25, 0.3) is 0 Å². The highest BCUT2D eigenvalue weighted by Crippen LogP contribution is 2.19. The van der Waals surface area contributed by atoms with Crippen molar-refractivity contribution in [2.75, 3.05) is 32.8 Å². The van der Waals surface area contributed by atoms with E-state index in [4.69, 9.17) is 4.74 Å². The number of rotatable bonds is 6. The van der Waals surface area contributed by atoms with E-state index in [2.05, 4.69) is 34.5 Å². The minimum atomic E-state index is 0.811. The zero-order valence-electron chi connectivity index (χ0n) is 11.6. The lowest BCUT2D eigenvalue weighted by Gasteiger charge is -2.27. The largest absolute Gasteiger partial charge is 0.379 e. The van der Waals surface area contributed by atoms with Crippen LogP contribution in [-0.2, 0) is 17.7 Å². The van der Waals surface area contributed by atoms with Gasteiger partial charge in [0.25, 0.3) is 0 Å². The Morgan fingerprint density at radius 3 is 2.58 bits per heavy atom. The molecule has 0 atom stereocenters. The molecule has 3 heteroatoms. The van der Waals surface area contributed by atoms with Crippen LogP contribution in [0.2, 0.25) is 0 Å². The molecular formula is C16H24N2O. The highest BCUT2D eigenvalue weighted by molar-refractivity contribution is 5.27. The number of ether oxygens (including phenoxy) is 1. The van der Waals surface area contributed by atoms with Crippen LogP contribution in [0.3, 0.4) is 0 Å². The van der Waals surface area contributed by atoms with E-state index in [1.807, 2.05) is 0 Å². The van der Waals surface area contributed by atoms with Gasteiger partial charge in [0, 0.05) is 25.7 Å². The number of nitrogens with zero attached hydrogens (tertiary/aromatic N) is 1. The molecule has 3 nitrogen and oxygen atoms in total. The molecule has 1 aromatic rings. The lowest BCUT2D eigenvalue weighted by molar-refractivity contribution is 0.0341. The molecule has 104 valence electrons. The molecule has 0 spiro atoms. The van der Waals surface area contributed by atoms with Crippen molar-refractivity contribution in [3.8, 4) is 0 Å². The van der Waals surface area contributed by atoms with Crippen molar-refractivity contribution in [2.24, 2.45) is 0 Å². The maximum absolute atomic E-state index is 5.41. The molecule has 1 saturated carbocycles. The van der Waals surface area contributed by atoms with E-state index in [1.54, 1.807) is 0 Å². The zero-order chi connectivity index (χ0) is 12.9. The molecule has 0 radical (unpaired) electrons. The molecule has 0 aromatic heterocycles. The predicted molar refractivity (Wildman–Crippen MR) is 77.3 cm³/mol. The molecule has 19 heavy (non-hydrogen) atoms. The molecule has 0 unspecified atom stereocenters. The van der Waals surface area contributed by atoms with Crippen molar-refractivity contribution in [1.82, 2.24) is 10.2 Å². The predicted octanol–water partition coefficient (Wildman–Crippen LogP) is 1.81. The molecule has 2 fully saturated rings. The Balaban J connectivity index is 1.55. The van der Waals surface area contributed by atoms with Crippen molar-refractivity contribution in [3.05, 3.63) is 35.4 Å². The summed E-state index contributed by atoms with van der Waals surface area (Å²) in [5, 5.41) is 3.60. The topological polar surface area (TPSA) is 24.5 Å². The summed E-state index contributed by atoms with van der Waals surface area (Å²) in [6.45, 7) is 6.08. The molecule has 0 amide bonds. The van der Waals surface area contributed by atoms with E-state index >= 15 is 0 Å². The first kappa shape index (κ1) is 13.1. The van der Waals surface area contributed by atoms with Crippen LogP contribution in [0, 0.1) is 0 Å². The Labute approximate surface area is 115 Å². The Morgan fingerprint density at radius 1 is 1.11 bits per heavy atom. The van der Waals surface area contributed by atoms with Gasteiger partial charge in [0.15, 0.2) is 0 Å². The molecule has 1 N–H and O–H groups in total. The highest BCUT2D eigenvalue weighted by Gasteiger charge is 2.20. The maximum atomic E-state index is 5.41. The summed E-state index contributed by atoms with van der Waals surface area (Å²) in [7, 11) is 0. The van der Waals surface area contributed by atoms with Crippen LogP contribution in [0.15, 0.2) is 24.3 Å². The van der Waals surface area contributed by atoms with Gasteiger partial charge in [-0.05, 0) is 36.9 Å². The molecule has 1 heterocycles. The Kier molecular flexibility index (Phi) is 4.49. The van der Waals surface area contributed by atoms with Crippen LogP contribution in [-0.4, -0.2) is 43.8 Å². The number of benzene rings is 1. The maximum Gasteiger partial charge on any atom is 0.0594 e. The van der Waals surface area contributed by atoms with Crippen LogP contribution in [0.1, 0.15) is 24.0 Å². The Bertz CT molecular complexity index is 397. The third kappa shape index (κ3) is 4.03. The van der Waals surface area contributed by atoms with E-state index in [0.717, 1.165) is 51.9 Å². The van der Waals surface area contributed by atoms with Gasteiger partial charge < -0.3 is 10.1 Å². The molecule has 0 bridgehead atoms. The molecule has 1 aliphatic carbocycles. The fourth-order valence-electron chi connectivity index (χ4n) is 2.65. The van der Waals surface area contributed by atoms with Gasteiger partial charge >= 0.3 is 0 Å². The summed E-state index contributed by atoms with van der Waals surface area (Å²) in [5.41, 5.74) is 2.99. The number of hydrogen-bond acceptors (Lipinski definition) is 3. The zero-order valence-corrected chi connectivity index (χ0v) is 11.6. The lowest BCUT2D eigenvalue weighted by atomic mass is 10.0. The Morgan fingerprint density at radius 2 is 1.84 bits per heavy atom. The normalized spacial score (nSPS) is 20.6. The van der Waals surface area contributed by atoms with Crippen molar-refractivity contribution < 1.29 is 4.74 Å². The van der Waals surface area contributed by atoms with Crippen LogP contribution >= 0.6 is 0 Å². The van der Waals surface area contributed by atoms with Gasteiger partial charge in [0.2, 0.25) is 0 Å². The quantitative estimate of drug-likeness (QED) is 0.844. The standard InChI is InChI=1S/C16H24N2O/c1-2-4-15(13-18-9-11-19-12-10-18)14(3-1)7-8-17-16-5-6-16/h1-4,16-17H,5-13H2. The van der Waals surface area contributed by atoms with Gasteiger partial charge in [-0.15, -0.1) is 0 Å². The average molecular weight is 260 g/mol. The van der Waals surface area contributed by atoms with Gasteiger partial charge in [-0.25, -0.2) is 0 Å². The molecule has 1 aromatic carbocycles. The minimum Gasteiger partial charge on any atom is -0.379 e. The second-order valence-corrected chi connectivity index (χ2v) is 5.64. The summed E-state index contributed by atoms with van der Waals surface area (Å²) in [6.07, 6.45) is 3.89. The number of hydrogen-bond donors (Lipinski definition) is 1. The van der Waals surface area contributed by atoms with E-state index in [9.17, 15) is 0 Å².